The topological polar surface area (TPSA) is 58.2 Å². The van der Waals surface area contributed by atoms with Crippen LogP contribution in [0, 0.1) is 12.8 Å². The van der Waals surface area contributed by atoms with Crippen molar-refractivity contribution in [3.63, 3.8) is 0 Å². The number of nitrogens with one attached hydrogen (secondary N) is 2. The number of anilines is 2. The molecule has 0 saturated heterocycles. The molecule has 2 N–H and O–H groups in total. The van der Waals surface area contributed by atoms with E-state index in [9.17, 15) is 9.59 Å². The molecule has 2 aromatic carbocycles. The van der Waals surface area contributed by atoms with Gasteiger partial charge in [-0.25, -0.2) is 0 Å². The van der Waals surface area contributed by atoms with E-state index in [0.717, 1.165) is 28.5 Å². The molecule has 0 spiro atoms. The minimum Gasteiger partial charge on any atom is -0.326 e. The molecule has 132 valence electrons. The van der Waals surface area contributed by atoms with Gasteiger partial charge in [0.1, 0.15) is 4.88 Å². The van der Waals surface area contributed by atoms with Crippen molar-refractivity contribution in [3.05, 3.63) is 57.9 Å². The summed E-state index contributed by atoms with van der Waals surface area (Å²) < 4.78 is 0.991. The molecule has 4 rings (SSSR count). The van der Waals surface area contributed by atoms with Crippen LogP contribution >= 0.6 is 22.9 Å². The quantitative estimate of drug-likeness (QED) is 0.627. The van der Waals surface area contributed by atoms with E-state index in [0.29, 0.717) is 21.3 Å². The van der Waals surface area contributed by atoms with Crippen LogP contribution in [0.4, 0.5) is 11.4 Å². The second-order valence-electron chi connectivity index (χ2n) is 6.54. The average molecular weight is 385 g/mol. The smallest absolute Gasteiger partial charge is 0.267 e. The Hall–Kier alpha value is -2.37. The van der Waals surface area contributed by atoms with Crippen molar-refractivity contribution in [3.8, 4) is 0 Å². The largest absolute Gasteiger partial charge is 0.326 e. The van der Waals surface area contributed by atoms with Crippen molar-refractivity contribution in [1.82, 2.24) is 0 Å². The molecule has 6 heteroatoms. The van der Waals surface area contributed by atoms with Crippen LogP contribution in [-0.2, 0) is 4.79 Å². The molecule has 2 amide bonds. The maximum Gasteiger partial charge on any atom is 0.267 e. The van der Waals surface area contributed by atoms with Crippen LogP contribution in [0.25, 0.3) is 10.1 Å². The summed E-state index contributed by atoms with van der Waals surface area (Å²) >= 11 is 7.78. The first-order valence-electron chi connectivity index (χ1n) is 8.42. The minimum absolute atomic E-state index is 0.0383. The number of rotatable bonds is 4. The first-order valence-corrected chi connectivity index (χ1v) is 9.61. The maximum atomic E-state index is 12.7. The van der Waals surface area contributed by atoms with Gasteiger partial charge in [-0.1, -0.05) is 29.8 Å². The Balaban J connectivity index is 1.54. The third kappa shape index (κ3) is 3.45. The second kappa shape index (κ2) is 6.74. The zero-order chi connectivity index (χ0) is 18.3. The first kappa shape index (κ1) is 17.1. The Morgan fingerprint density at radius 1 is 1.08 bits per heavy atom. The Morgan fingerprint density at radius 3 is 2.54 bits per heavy atom. The number of amides is 2. The van der Waals surface area contributed by atoms with E-state index in [2.05, 4.69) is 10.6 Å². The SMILES string of the molecule is Cc1ccc2c(Cl)c(C(=O)Nc3cccc(NC(=O)C4CC4)c3)sc2c1. The van der Waals surface area contributed by atoms with Crippen LogP contribution in [0.3, 0.4) is 0 Å². The van der Waals surface area contributed by atoms with Crippen LogP contribution < -0.4 is 10.6 Å². The number of thiophene rings is 1. The zero-order valence-corrected chi connectivity index (χ0v) is 15.7. The molecule has 4 nitrogen and oxygen atoms in total. The van der Waals surface area contributed by atoms with Gasteiger partial charge in [0.15, 0.2) is 0 Å². The molecule has 0 atom stereocenters. The van der Waals surface area contributed by atoms with Gasteiger partial charge in [-0.2, -0.15) is 0 Å². The van der Waals surface area contributed by atoms with Gasteiger partial charge in [0.2, 0.25) is 5.91 Å². The number of aryl methyl sites for hydroxylation is 1. The predicted octanol–water partition coefficient (Wildman–Crippen LogP) is 5.46. The highest BCUT2D eigenvalue weighted by atomic mass is 35.5. The van der Waals surface area contributed by atoms with Crippen molar-refractivity contribution >= 4 is 56.2 Å². The van der Waals surface area contributed by atoms with Gasteiger partial charge >= 0.3 is 0 Å². The summed E-state index contributed by atoms with van der Waals surface area (Å²) in [5.41, 5.74) is 2.42. The van der Waals surface area contributed by atoms with E-state index < -0.39 is 0 Å². The second-order valence-corrected chi connectivity index (χ2v) is 7.97. The summed E-state index contributed by atoms with van der Waals surface area (Å²) in [5.74, 6) is -0.0787. The number of halogens is 1. The van der Waals surface area contributed by atoms with E-state index in [-0.39, 0.29) is 17.7 Å². The van der Waals surface area contributed by atoms with Crippen molar-refractivity contribution in [2.75, 3.05) is 10.6 Å². The summed E-state index contributed by atoms with van der Waals surface area (Å²) in [5, 5.41) is 7.11. The number of fused-ring (bicyclic) bond motifs is 1. The molecule has 0 aliphatic heterocycles. The summed E-state index contributed by atoms with van der Waals surface area (Å²) in [4.78, 5) is 25.0. The van der Waals surface area contributed by atoms with Crippen LogP contribution in [0.5, 0.6) is 0 Å². The summed E-state index contributed by atoms with van der Waals surface area (Å²) in [6, 6.07) is 13.1. The summed E-state index contributed by atoms with van der Waals surface area (Å²) in [6.07, 6.45) is 1.90. The third-order valence-corrected chi connectivity index (χ3v) is 5.98. The van der Waals surface area contributed by atoms with Gasteiger partial charge in [0.05, 0.1) is 5.02 Å². The molecule has 1 heterocycles. The molecule has 1 fully saturated rings. The van der Waals surface area contributed by atoms with Gasteiger partial charge in [0, 0.05) is 27.4 Å². The van der Waals surface area contributed by atoms with Gasteiger partial charge in [0.25, 0.3) is 5.91 Å². The maximum absolute atomic E-state index is 12.7. The lowest BCUT2D eigenvalue weighted by molar-refractivity contribution is -0.117. The fraction of sp³-hybridized carbons (Fsp3) is 0.200. The monoisotopic (exact) mass is 384 g/mol. The number of carbonyl (C=O) groups is 2. The van der Waals surface area contributed by atoms with Crippen molar-refractivity contribution in [2.45, 2.75) is 19.8 Å². The van der Waals surface area contributed by atoms with Gasteiger partial charge in [-0.05, 0) is 49.6 Å². The number of benzene rings is 2. The molecule has 1 aromatic heterocycles. The van der Waals surface area contributed by atoms with Gasteiger partial charge in [-0.3, -0.25) is 9.59 Å². The van der Waals surface area contributed by atoms with Crippen molar-refractivity contribution < 1.29 is 9.59 Å². The normalized spacial score (nSPS) is 13.6. The Bertz CT molecular complexity index is 1020. The molecule has 0 unspecified atom stereocenters. The first-order chi connectivity index (χ1) is 12.5. The molecular formula is C20H17ClN2O2S. The lowest BCUT2D eigenvalue weighted by atomic mass is 10.2. The van der Waals surface area contributed by atoms with E-state index in [1.807, 2.05) is 31.2 Å². The molecule has 0 radical (unpaired) electrons. The van der Waals surface area contributed by atoms with Crippen LogP contribution in [0.15, 0.2) is 42.5 Å². The molecule has 26 heavy (non-hydrogen) atoms. The standard InChI is InChI=1S/C20H17ClN2O2S/c1-11-5-8-15-16(9-11)26-18(17(15)21)20(25)23-14-4-2-3-13(10-14)22-19(24)12-6-7-12/h2-5,8-10,12H,6-7H2,1H3,(H,22,24)(H,23,25). The molecule has 1 aliphatic carbocycles. The van der Waals surface area contributed by atoms with Crippen LogP contribution in [0.2, 0.25) is 5.02 Å². The van der Waals surface area contributed by atoms with E-state index in [1.54, 1.807) is 18.2 Å². The fourth-order valence-corrected chi connectivity index (χ4v) is 4.28. The fourth-order valence-electron chi connectivity index (χ4n) is 2.77. The zero-order valence-electron chi connectivity index (χ0n) is 14.1. The predicted molar refractivity (Wildman–Crippen MR) is 107 cm³/mol. The van der Waals surface area contributed by atoms with E-state index in [1.165, 1.54) is 11.3 Å². The van der Waals surface area contributed by atoms with Crippen LogP contribution in [-0.4, -0.2) is 11.8 Å². The molecular weight excluding hydrogens is 368 g/mol. The highest BCUT2D eigenvalue weighted by molar-refractivity contribution is 7.21. The lowest BCUT2D eigenvalue weighted by Crippen LogP contribution is -2.14. The third-order valence-electron chi connectivity index (χ3n) is 4.33. The molecule has 1 aliphatic rings. The number of hydrogen-bond donors (Lipinski definition) is 2. The van der Waals surface area contributed by atoms with Crippen molar-refractivity contribution in [2.24, 2.45) is 5.92 Å². The molecule has 3 aromatic rings. The lowest BCUT2D eigenvalue weighted by Gasteiger charge is -2.08. The molecule has 1 saturated carbocycles. The van der Waals surface area contributed by atoms with Gasteiger partial charge < -0.3 is 10.6 Å². The van der Waals surface area contributed by atoms with Gasteiger partial charge in [-0.15, -0.1) is 11.3 Å². The summed E-state index contributed by atoms with van der Waals surface area (Å²) in [7, 11) is 0. The highest BCUT2D eigenvalue weighted by Gasteiger charge is 2.29. The van der Waals surface area contributed by atoms with Crippen LogP contribution in [0.1, 0.15) is 28.1 Å². The Labute approximate surface area is 160 Å². The number of hydrogen-bond acceptors (Lipinski definition) is 3. The van der Waals surface area contributed by atoms with E-state index >= 15 is 0 Å². The molecule has 0 bridgehead atoms. The van der Waals surface area contributed by atoms with E-state index in [4.69, 9.17) is 11.6 Å². The Morgan fingerprint density at radius 2 is 1.81 bits per heavy atom. The minimum atomic E-state index is -0.250. The Kier molecular flexibility index (Phi) is 4.42. The number of carbonyl (C=O) groups excluding carboxylic acids is 2. The highest BCUT2D eigenvalue weighted by Crippen LogP contribution is 2.36. The average Bonchev–Trinajstić information content (AvgIpc) is 3.40. The van der Waals surface area contributed by atoms with Crippen molar-refractivity contribution in [1.29, 1.82) is 0 Å². The summed E-state index contributed by atoms with van der Waals surface area (Å²) in [6.45, 7) is 2.01.